The van der Waals surface area contributed by atoms with Gasteiger partial charge in [0.15, 0.2) is 0 Å². The van der Waals surface area contributed by atoms with Gasteiger partial charge in [-0.15, -0.1) is 0 Å². The first-order chi connectivity index (χ1) is 11.6. The van der Waals surface area contributed by atoms with Crippen LogP contribution in [0.2, 0.25) is 0 Å². The molecule has 0 unspecified atom stereocenters. The van der Waals surface area contributed by atoms with Gasteiger partial charge in [0.1, 0.15) is 0 Å². The molecule has 2 nitrogen and oxygen atoms in total. The Balaban J connectivity index is 1.85. The summed E-state index contributed by atoms with van der Waals surface area (Å²) in [5, 5.41) is 4.50. The summed E-state index contributed by atoms with van der Waals surface area (Å²) in [6.07, 6.45) is 7.34. The molecule has 0 spiro atoms. The molecular weight excluding hydrogens is 292 g/mol. The summed E-state index contributed by atoms with van der Waals surface area (Å²) in [5.41, 5.74) is 13.2. The number of allylic oxidation sites excluding steroid dienone is 4. The largest absolute Gasteiger partial charge is 0.278 e. The van der Waals surface area contributed by atoms with E-state index in [0.29, 0.717) is 0 Å². The fourth-order valence-corrected chi connectivity index (χ4v) is 3.34. The first-order valence-corrected chi connectivity index (χ1v) is 8.39. The van der Waals surface area contributed by atoms with Crippen molar-refractivity contribution in [2.75, 3.05) is 5.43 Å². The quantitative estimate of drug-likeness (QED) is 0.560. The molecule has 0 atom stereocenters. The third kappa shape index (κ3) is 3.33. The Morgan fingerprint density at radius 3 is 2.38 bits per heavy atom. The van der Waals surface area contributed by atoms with Gasteiger partial charge in [-0.1, -0.05) is 54.1 Å². The second-order valence-corrected chi connectivity index (χ2v) is 6.50. The van der Waals surface area contributed by atoms with Gasteiger partial charge in [-0.3, -0.25) is 5.43 Å². The van der Waals surface area contributed by atoms with Crippen molar-refractivity contribution in [3.05, 3.63) is 81.9 Å². The molecule has 24 heavy (non-hydrogen) atoms. The molecule has 0 aromatic heterocycles. The normalized spacial score (nSPS) is 14.0. The van der Waals surface area contributed by atoms with Crippen molar-refractivity contribution in [1.29, 1.82) is 0 Å². The van der Waals surface area contributed by atoms with Crippen molar-refractivity contribution in [3.8, 4) is 0 Å². The lowest BCUT2D eigenvalue weighted by atomic mass is 9.97. The van der Waals surface area contributed by atoms with Crippen molar-refractivity contribution in [2.24, 2.45) is 5.10 Å². The van der Waals surface area contributed by atoms with Crippen molar-refractivity contribution in [1.82, 2.24) is 0 Å². The Hall–Kier alpha value is -2.61. The van der Waals surface area contributed by atoms with E-state index in [2.05, 4.69) is 86.8 Å². The second kappa shape index (κ2) is 6.88. The standard InChI is InChI=1S/C22H24N2/c1-15-12-17(3)22(18(4)13-15)24-23-14-19-9-5-6-10-21(19)20-11-7-8-16(20)2/h5-10,12-14,24H,11H2,1-4H3/b23-14+. The van der Waals surface area contributed by atoms with Crippen molar-refractivity contribution >= 4 is 17.5 Å². The average Bonchev–Trinajstić information content (AvgIpc) is 2.96. The minimum atomic E-state index is 1.00. The zero-order valence-electron chi connectivity index (χ0n) is 14.9. The third-order valence-electron chi connectivity index (χ3n) is 4.51. The molecule has 1 aliphatic rings. The molecule has 0 bridgehead atoms. The van der Waals surface area contributed by atoms with E-state index in [1.807, 2.05) is 6.21 Å². The summed E-state index contributed by atoms with van der Waals surface area (Å²) in [4.78, 5) is 0. The van der Waals surface area contributed by atoms with Gasteiger partial charge in [-0.2, -0.15) is 5.10 Å². The van der Waals surface area contributed by atoms with Crippen molar-refractivity contribution in [2.45, 2.75) is 34.1 Å². The summed E-state index contributed by atoms with van der Waals surface area (Å²) < 4.78 is 0. The predicted molar refractivity (Wildman–Crippen MR) is 105 cm³/mol. The highest BCUT2D eigenvalue weighted by molar-refractivity contribution is 5.90. The number of hydrogen-bond donors (Lipinski definition) is 1. The van der Waals surface area contributed by atoms with Crippen LogP contribution in [0.4, 0.5) is 5.69 Å². The van der Waals surface area contributed by atoms with Crippen LogP contribution in [0.5, 0.6) is 0 Å². The lowest BCUT2D eigenvalue weighted by Crippen LogP contribution is -1.98. The number of hydrogen-bond acceptors (Lipinski definition) is 2. The Morgan fingerprint density at radius 2 is 1.71 bits per heavy atom. The molecule has 0 radical (unpaired) electrons. The molecule has 122 valence electrons. The maximum absolute atomic E-state index is 4.50. The number of nitrogens with zero attached hydrogens (tertiary/aromatic N) is 1. The van der Waals surface area contributed by atoms with E-state index in [1.54, 1.807) is 0 Å². The lowest BCUT2D eigenvalue weighted by Gasteiger charge is -2.11. The molecule has 0 amide bonds. The number of nitrogens with one attached hydrogen (secondary N) is 1. The Morgan fingerprint density at radius 1 is 1.00 bits per heavy atom. The van der Waals surface area contributed by atoms with Crippen LogP contribution in [0.1, 0.15) is 41.2 Å². The van der Waals surface area contributed by atoms with Crippen molar-refractivity contribution < 1.29 is 0 Å². The first kappa shape index (κ1) is 16.3. The van der Waals surface area contributed by atoms with Crippen LogP contribution in [0, 0.1) is 20.8 Å². The summed E-state index contributed by atoms with van der Waals surface area (Å²) in [6, 6.07) is 12.8. The van der Waals surface area contributed by atoms with E-state index in [4.69, 9.17) is 0 Å². The van der Waals surface area contributed by atoms with E-state index in [-0.39, 0.29) is 0 Å². The molecule has 3 rings (SSSR count). The lowest BCUT2D eigenvalue weighted by molar-refractivity contribution is 1.25. The monoisotopic (exact) mass is 316 g/mol. The Labute approximate surface area is 144 Å². The predicted octanol–water partition coefficient (Wildman–Crippen LogP) is 5.79. The first-order valence-electron chi connectivity index (χ1n) is 8.39. The van der Waals surface area contributed by atoms with Crippen LogP contribution < -0.4 is 5.43 Å². The van der Waals surface area contributed by atoms with Gasteiger partial charge >= 0.3 is 0 Å². The summed E-state index contributed by atoms with van der Waals surface area (Å²) in [6.45, 7) is 8.52. The third-order valence-corrected chi connectivity index (χ3v) is 4.51. The molecular formula is C22H24N2. The molecule has 1 N–H and O–H groups in total. The molecule has 0 heterocycles. The van der Waals surface area contributed by atoms with E-state index in [1.165, 1.54) is 33.4 Å². The van der Waals surface area contributed by atoms with E-state index in [0.717, 1.165) is 17.7 Å². The van der Waals surface area contributed by atoms with Crippen LogP contribution in [-0.4, -0.2) is 6.21 Å². The Bertz CT molecular complexity index is 831. The molecule has 2 heteroatoms. The number of aryl methyl sites for hydroxylation is 3. The fourth-order valence-electron chi connectivity index (χ4n) is 3.34. The molecule has 2 aromatic rings. The van der Waals surface area contributed by atoms with Gasteiger partial charge in [0.05, 0.1) is 11.9 Å². The molecule has 2 aromatic carbocycles. The van der Waals surface area contributed by atoms with Gasteiger partial charge in [-0.25, -0.2) is 0 Å². The average molecular weight is 316 g/mol. The van der Waals surface area contributed by atoms with E-state index >= 15 is 0 Å². The van der Waals surface area contributed by atoms with Crippen LogP contribution in [0.15, 0.2) is 59.2 Å². The fraction of sp³-hybridized carbons (Fsp3) is 0.227. The minimum Gasteiger partial charge on any atom is -0.278 e. The zero-order valence-corrected chi connectivity index (χ0v) is 14.9. The van der Waals surface area contributed by atoms with Gasteiger partial charge in [-0.05, 0) is 62.0 Å². The highest BCUT2D eigenvalue weighted by Gasteiger charge is 2.11. The molecule has 1 aliphatic carbocycles. The zero-order chi connectivity index (χ0) is 17.1. The topological polar surface area (TPSA) is 24.4 Å². The van der Waals surface area contributed by atoms with E-state index < -0.39 is 0 Å². The molecule has 0 fully saturated rings. The second-order valence-electron chi connectivity index (χ2n) is 6.50. The SMILES string of the molecule is CC1=C(c2ccccc2/C=N/Nc2c(C)cc(C)cc2C)CC=C1. The molecule has 0 saturated carbocycles. The summed E-state index contributed by atoms with van der Waals surface area (Å²) >= 11 is 0. The smallest absolute Gasteiger partial charge is 0.0620 e. The van der Waals surface area contributed by atoms with Crippen LogP contribution in [0.3, 0.4) is 0 Å². The number of anilines is 1. The number of hydrazone groups is 1. The maximum Gasteiger partial charge on any atom is 0.0620 e. The minimum absolute atomic E-state index is 1.00. The molecule has 0 aliphatic heterocycles. The number of rotatable bonds is 4. The van der Waals surface area contributed by atoms with Crippen molar-refractivity contribution in [3.63, 3.8) is 0 Å². The van der Waals surface area contributed by atoms with Crippen LogP contribution >= 0.6 is 0 Å². The maximum atomic E-state index is 4.50. The van der Waals surface area contributed by atoms with Gasteiger partial charge in [0, 0.05) is 5.56 Å². The Kier molecular flexibility index (Phi) is 4.66. The summed E-state index contributed by atoms with van der Waals surface area (Å²) in [5.74, 6) is 0. The highest BCUT2D eigenvalue weighted by atomic mass is 15.3. The van der Waals surface area contributed by atoms with Gasteiger partial charge in [0.2, 0.25) is 0 Å². The highest BCUT2D eigenvalue weighted by Crippen LogP contribution is 2.30. The van der Waals surface area contributed by atoms with Gasteiger partial charge < -0.3 is 0 Å². The van der Waals surface area contributed by atoms with Gasteiger partial charge in [0.25, 0.3) is 0 Å². The van der Waals surface area contributed by atoms with Crippen LogP contribution in [0.25, 0.3) is 5.57 Å². The molecule has 0 saturated heterocycles. The van der Waals surface area contributed by atoms with E-state index in [9.17, 15) is 0 Å². The number of benzene rings is 2. The summed E-state index contributed by atoms with van der Waals surface area (Å²) in [7, 11) is 0. The van der Waals surface area contributed by atoms with Crippen LogP contribution in [-0.2, 0) is 0 Å².